The van der Waals surface area contributed by atoms with Crippen molar-refractivity contribution < 1.29 is 0 Å². The summed E-state index contributed by atoms with van der Waals surface area (Å²) in [4.78, 5) is 0. The number of hydrogen-bond donors (Lipinski definition) is 0. The van der Waals surface area contributed by atoms with Crippen LogP contribution in [-0.2, 0) is 0 Å². The van der Waals surface area contributed by atoms with Gasteiger partial charge in [-0.3, -0.25) is 0 Å². The Labute approximate surface area is 40.4 Å². The Hall–Kier alpha value is 0.170. The van der Waals surface area contributed by atoms with Gasteiger partial charge in [0.1, 0.15) is 0 Å². The van der Waals surface area contributed by atoms with E-state index < -0.39 is 0 Å². The summed E-state index contributed by atoms with van der Waals surface area (Å²) in [6, 6.07) is 0. The molecule has 0 saturated carbocycles. The first-order valence-corrected chi connectivity index (χ1v) is 3.58. The maximum absolute atomic E-state index is 2.29. The molecule has 1 aliphatic heterocycles. The van der Waals surface area contributed by atoms with Crippen LogP contribution in [0.4, 0.5) is 0 Å². The average Bonchev–Trinajstić information content (AvgIpc) is 1.86. The highest BCUT2D eigenvalue weighted by Gasteiger charge is 1.98. The van der Waals surface area contributed by atoms with Crippen molar-refractivity contribution in [3.63, 3.8) is 0 Å². The smallest absolute Gasteiger partial charge is 0.00827 e. The molecule has 0 saturated heterocycles. The minimum Gasteiger partial charge on any atom is -0.111 e. The van der Waals surface area contributed by atoms with Crippen LogP contribution in [0.5, 0.6) is 0 Å². The summed E-state index contributed by atoms with van der Waals surface area (Å²) >= 11 is 0. The molecular formula is C5H9P. The van der Waals surface area contributed by atoms with E-state index in [0.717, 1.165) is 5.66 Å². The zero-order chi connectivity index (χ0) is 4.41. The molecule has 0 nitrogen and oxygen atoms in total. The van der Waals surface area contributed by atoms with Gasteiger partial charge in [-0.15, -0.1) is 8.58 Å². The van der Waals surface area contributed by atoms with E-state index in [9.17, 15) is 0 Å². The third kappa shape index (κ3) is 0.815. The number of rotatable bonds is 0. The van der Waals surface area contributed by atoms with Crippen LogP contribution in [0, 0.1) is 0 Å². The largest absolute Gasteiger partial charge is 0.111 e. The maximum atomic E-state index is 2.29. The molecule has 0 bridgehead atoms. The van der Waals surface area contributed by atoms with Crippen LogP contribution in [0.3, 0.4) is 0 Å². The van der Waals surface area contributed by atoms with Gasteiger partial charge < -0.3 is 0 Å². The molecular weight excluding hydrogens is 91.0 g/mol. The van der Waals surface area contributed by atoms with Crippen LogP contribution in [0.2, 0.25) is 0 Å². The molecule has 0 spiro atoms. The zero-order valence-corrected chi connectivity index (χ0v) is 4.94. The van der Waals surface area contributed by atoms with Crippen LogP contribution in [0.1, 0.15) is 6.92 Å². The monoisotopic (exact) mass is 100 g/mol. The van der Waals surface area contributed by atoms with E-state index in [4.69, 9.17) is 0 Å². The van der Waals surface area contributed by atoms with Gasteiger partial charge in [-0.2, -0.15) is 0 Å². The van der Waals surface area contributed by atoms with Crippen LogP contribution < -0.4 is 0 Å². The van der Waals surface area contributed by atoms with Gasteiger partial charge in [-0.05, 0) is 11.8 Å². The molecule has 0 aliphatic carbocycles. The van der Waals surface area contributed by atoms with Crippen molar-refractivity contribution >= 4 is 8.58 Å². The van der Waals surface area contributed by atoms with Crippen molar-refractivity contribution in [3.8, 4) is 0 Å². The Kier molecular flexibility index (Phi) is 1.26. The third-order valence-electron chi connectivity index (χ3n) is 0.982. The summed E-state index contributed by atoms with van der Waals surface area (Å²) in [6.45, 7) is 2.27. The van der Waals surface area contributed by atoms with Crippen LogP contribution >= 0.6 is 8.58 Å². The van der Waals surface area contributed by atoms with Gasteiger partial charge in [-0.1, -0.05) is 19.1 Å². The molecule has 6 heavy (non-hydrogen) atoms. The summed E-state index contributed by atoms with van der Waals surface area (Å²) in [5, 5.41) is 0. The lowest BCUT2D eigenvalue weighted by Gasteiger charge is -1.90. The van der Waals surface area contributed by atoms with Gasteiger partial charge >= 0.3 is 0 Å². The van der Waals surface area contributed by atoms with E-state index in [1.807, 2.05) is 0 Å². The van der Waals surface area contributed by atoms with Gasteiger partial charge in [0.05, 0.1) is 0 Å². The lowest BCUT2D eigenvalue weighted by Crippen LogP contribution is -1.76. The molecule has 1 heterocycles. The molecule has 0 amide bonds. The minimum absolute atomic E-state index is 0.894. The molecule has 0 aromatic carbocycles. The van der Waals surface area contributed by atoms with Crippen molar-refractivity contribution in [3.05, 3.63) is 12.2 Å². The molecule has 34 valence electrons. The predicted molar refractivity (Wildman–Crippen MR) is 31.8 cm³/mol. The second kappa shape index (κ2) is 1.75. The van der Waals surface area contributed by atoms with E-state index in [0.29, 0.717) is 0 Å². The first-order valence-electron chi connectivity index (χ1n) is 2.29. The third-order valence-corrected chi connectivity index (χ3v) is 2.29. The normalized spacial score (nSPS) is 35.8. The molecule has 1 unspecified atom stereocenters. The summed E-state index contributed by atoms with van der Waals surface area (Å²) in [7, 11) is 1.17. The van der Waals surface area contributed by atoms with E-state index in [2.05, 4.69) is 19.1 Å². The van der Waals surface area contributed by atoms with Crippen LogP contribution in [0.25, 0.3) is 0 Å². The first kappa shape index (κ1) is 4.33. The fourth-order valence-electron chi connectivity index (χ4n) is 0.594. The van der Waals surface area contributed by atoms with E-state index >= 15 is 0 Å². The molecule has 1 heteroatoms. The molecule has 0 aromatic heterocycles. The average molecular weight is 100 g/mol. The van der Waals surface area contributed by atoms with Gasteiger partial charge in [-0.25, -0.2) is 0 Å². The maximum Gasteiger partial charge on any atom is -0.00827 e. The van der Waals surface area contributed by atoms with Crippen LogP contribution in [0.15, 0.2) is 12.2 Å². The summed E-state index contributed by atoms with van der Waals surface area (Å²) in [6.07, 6.45) is 5.89. The van der Waals surface area contributed by atoms with Crippen molar-refractivity contribution in [2.24, 2.45) is 0 Å². The highest BCUT2D eigenvalue weighted by molar-refractivity contribution is 7.39. The Morgan fingerprint density at radius 1 is 1.83 bits per heavy atom. The fraction of sp³-hybridized carbons (Fsp3) is 0.600. The zero-order valence-electron chi connectivity index (χ0n) is 3.94. The number of allylic oxidation sites excluding steroid dienone is 2. The second-order valence-corrected chi connectivity index (χ2v) is 3.35. The highest BCUT2D eigenvalue weighted by Crippen LogP contribution is 2.24. The van der Waals surface area contributed by atoms with Crippen molar-refractivity contribution in [1.29, 1.82) is 0 Å². The topological polar surface area (TPSA) is 0 Å². The molecule has 2 atom stereocenters. The van der Waals surface area contributed by atoms with Gasteiger partial charge in [0.15, 0.2) is 0 Å². The van der Waals surface area contributed by atoms with Gasteiger partial charge in [0, 0.05) is 0 Å². The first-order chi connectivity index (χ1) is 2.89. The molecule has 1 rings (SSSR count). The standard InChI is InChI=1S/C5H9P/c1-5-3-2-4-6-5/h2-3,5-6H,4H2,1H3/t5-/m0/s1. The van der Waals surface area contributed by atoms with Crippen molar-refractivity contribution in [1.82, 2.24) is 0 Å². The van der Waals surface area contributed by atoms with Gasteiger partial charge in [0.25, 0.3) is 0 Å². The number of hydrogen-bond acceptors (Lipinski definition) is 0. The molecule has 0 aromatic rings. The molecule has 0 fully saturated rings. The highest BCUT2D eigenvalue weighted by atomic mass is 31.1. The lowest BCUT2D eigenvalue weighted by atomic mass is 10.4. The molecule has 1 aliphatic rings. The van der Waals surface area contributed by atoms with Crippen molar-refractivity contribution in [2.45, 2.75) is 12.6 Å². The summed E-state index contributed by atoms with van der Waals surface area (Å²) in [5.41, 5.74) is 0.894. The molecule has 0 N–H and O–H groups in total. The Bertz CT molecular complexity index is 66.3. The SMILES string of the molecule is C[C@H]1C=CCP1. The lowest BCUT2D eigenvalue weighted by molar-refractivity contribution is 1.26. The minimum atomic E-state index is 0.894. The second-order valence-electron chi connectivity index (χ2n) is 1.63. The van der Waals surface area contributed by atoms with E-state index in [1.165, 1.54) is 14.7 Å². The van der Waals surface area contributed by atoms with Gasteiger partial charge in [0.2, 0.25) is 0 Å². The quantitative estimate of drug-likeness (QED) is 0.320. The predicted octanol–water partition coefficient (Wildman–Crippen LogP) is 1.62. The summed E-state index contributed by atoms with van der Waals surface area (Å²) in [5.74, 6) is 0. The van der Waals surface area contributed by atoms with Crippen molar-refractivity contribution in [2.75, 3.05) is 6.16 Å². The fourth-order valence-corrected chi connectivity index (χ4v) is 1.51. The molecule has 0 radical (unpaired) electrons. The van der Waals surface area contributed by atoms with Crippen LogP contribution in [-0.4, -0.2) is 11.8 Å². The Morgan fingerprint density at radius 3 is 2.83 bits per heavy atom. The Balaban J connectivity index is 2.38. The van der Waals surface area contributed by atoms with E-state index in [-0.39, 0.29) is 0 Å². The summed E-state index contributed by atoms with van der Waals surface area (Å²) < 4.78 is 0. The Morgan fingerprint density at radius 2 is 2.67 bits per heavy atom. The van der Waals surface area contributed by atoms with E-state index in [1.54, 1.807) is 0 Å².